The van der Waals surface area contributed by atoms with Crippen LogP contribution in [0.5, 0.6) is 5.75 Å². The highest BCUT2D eigenvalue weighted by Crippen LogP contribution is 2.37. The average molecular weight is 439 g/mol. The van der Waals surface area contributed by atoms with E-state index in [2.05, 4.69) is 22.6 Å². The number of nitrogens with zero attached hydrogens (tertiary/aromatic N) is 1. The Labute approximate surface area is 151 Å². The van der Waals surface area contributed by atoms with Crippen molar-refractivity contribution in [3.63, 3.8) is 0 Å². The van der Waals surface area contributed by atoms with Crippen LogP contribution in [0.2, 0.25) is 0 Å². The first-order valence-corrected chi connectivity index (χ1v) is 8.68. The first kappa shape index (κ1) is 15.5. The van der Waals surface area contributed by atoms with Gasteiger partial charge in [-0.05, 0) is 59.0 Å². The van der Waals surface area contributed by atoms with Crippen molar-refractivity contribution in [2.24, 2.45) is 0 Å². The number of halogens is 1. The smallest absolute Gasteiger partial charge is 0.270 e. The SMILES string of the molecule is O=C1/C(=C\c2cc(I)ccc2O)SC(=S)N1c1ccccc1. The normalized spacial score (nSPS) is 16.6. The zero-order valence-electron chi connectivity index (χ0n) is 11.2. The molecule has 0 unspecified atom stereocenters. The van der Waals surface area contributed by atoms with Crippen LogP contribution in [0, 0.1) is 3.57 Å². The maximum atomic E-state index is 12.6. The van der Waals surface area contributed by atoms with Gasteiger partial charge in [-0.25, -0.2) is 0 Å². The third-order valence-corrected chi connectivity index (χ3v) is 5.06. The van der Waals surface area contributed by atoms with Gasteiger partial charge in [-0.2, -0.15) is 0 Å². The molecule has 0 aliphatic carbocycles. The van der Waals surface area contributed by atoms with Gasteiger partial charge in [-0.3, -0.25) is 9.69 Å². The molecule has 1 aliphatic rings. The number of thioether (sulfide) groups is 1. The monoisotopic (exact) mass is 439 g/mol. The molecule has 1 N–H and O–H groups in total. The van der Waals surface area contributed by atoms with Crippen LogP contribution in [0.15, 0.2) is 53.4 Å². The number of hydrogen-bond acceptors (Lipinski definition) is 4. The van der Waals surface area contributed by atoms with E-state index in [1.54, 1.807) is 12.1 Å². The van der Waals surface area contributed by atoms with Crippen LogP contribution >= 0.6 is 46.6 Å². The Bertz CT molecular complexity index is 790. The first-order valence-electron chi connectivity index (χ1n) is 6.38. The highest BCUT2D eigenvalue weighted by Gasteiger charge is 2.33. The molecule has 0 saturated carbocycles. The summed E-state index contributed by atoms with van der Waals surface area (Å²) in [4.78, 5) is 14.6. The Kier molecular flexibility index (Phi) is 4.51. The molecule has 22 heavy (non-hydrogen) atoms. The lowest BCUT2D eigenvalue weighted by Gasteiger charge is -2.13. The fourth-order valence-electron chi connectivity index (χ4n) is 2.05. The van der Waals surface area contributed by atoms with Gasteiger partial charge in [0.2, 0.25) is 0 Å². The van der Waals surface area contributed by atoms with Crippen LogP contribution in [0.25, 0.3) is 6.08 Å². The molecule has 1 saturated heterocycles. The molecule has 1 amide bonds. The molecule has 0 spiro atoms. The quantitative estimate of drug-likeness (QED) is 0.428. The number of carbonyl (C=O) groups is 1. The maximum absolute atomic E-state index is 12.6. The largest absolute Gasteiger partial charge is 0.507 e. The maximum Gasteiger partial charge on any atom is 0.270 e. The topological polar surface area (TPSA) is 40.5 Å². The van der Waals surface area contributed by atoms with Gasteiger partial charge in [0.15, 0.2) is 4.32 Å². The van der Waals surface area contributed by atoms with Crippen LogP contribution in [0.4, 0.5) is 5.69 Å². The Morgan fingerprint density at radius 2 is 1.91 bits per heavy atom. The number of anilines is 1. The number of hydrogen-bond donors (Lipinski definition) is 1. The first-order chi connectivity index (χ1) is 10.6. The Balaban J connectivity index is 1.97. The summed E-state index contributed by atoms with van der Waals surface area (Å²) >= 11 is 8.72. The van der Waals surface area contributed by atoms with Gasteiger partial charge in [0.25, 0.3) is 5.91 Å². The molecule has 6 heteroatoms. The van der Waals surface area contributed by atoms with E-state index in [9.17, 15) is 9.90 Å². The average Bonchev–Trinajstić information content (AvgIpc) is 2.78. The van der Waals surface area contributed by atoms with Crippen molar-refractivity contribution < 1.29 is 9.90 Å². The van der Waals surface area contributed by atoms with Crippen LogP contribution in [-0.4, -0.2) is 15.3 Å². The van der Waals surface area contributed by atoms with E-state index in [1.165, 1.54) is 16.7 Å². The highest BCUT2D eigenvalue weighted by molar-refractivity contribution is 14.1. The van der Waals surface area contributed by atoms with E-state index in [-0.39, 0.29) is 11.7 Å². The Hall–Kier alpha value is -1.38. The van der Waals surface area contributed by atoms with Gasteiger partial charge in [0.05, 0.1) is 10.6 Å². The van der Waals surface area contributed by atoms with E-state index >= 15 is 0 Å². The third-order valence-electron chi connectivity index (χ3n) is 3.08. The van der Waals surface area contributed by atoms with Crippen LogP contribution in [0.1, 0.15) is 5.56 Å². The van der Waals surface area contributed by atoms with Gasteiger partial charge < -0.3 is 5.11 Å². The summed E-state index contributed by atoms with van der Waals surface area (Å²) in [5.41, 5.74) is 1.36. The summed E-state index contributed by atoms with van der Waals surface area (Å²) in [5, 5.41) is 9.92. The summed E-state index contributed by atoms with van der Waals surface area (Å²) in [5.74, 6) is -0.0233. The second kappa shape index (κ2) is 6.39. The molecule has 0 radical (unpaired) electrons. The van der Waals surface area contributed by atoms with E-state index in [0.717, 1.165) is 9.26 Å². The molecule has 1 fully saturated rings. The number of phenolic OH excluding ortho intramolecular Hbond substituents is 1. The molecule has 1 aliphatic heterocycles. The van der Waals surface area contributed by atoms with Crippen molar-refractivity contribution in [2.45, 2.75) is 0 Å². The van der Waals surface area contributed by atoms with Crippen LogP contribution in [0.3, 0.4) is 0 Å². The summed E-state index contributed by atoms with van der Waals surface area (Å²) in [7, 11) is 0. The fraction of sp³-hybridized carbons (Fsp3) is 0. The summed E-state index contributed by atoms with van der Waals surface area (Å²) in [6, 6.07) is 14.6. The van der Waals surface area contributed by atoms with Crippen molar-refractivity contribution in [3.8, 4) is 5.75 Å². The minimum absolute atomic E-state index is 0.144. The van der Waals surface area contributed by atoms with Gasteiger partial charge >= 0.3 is 0 Å². The van der Waals surface area contributed by atoms with Crippen molar-refractivity contribution in [1.82, 2.24) is 0 Å². The lowest BCUT2D eigenvalue weighted by atomic mass is 10.2. The van der Waals surface area contributed by atoms with Gasteiger partial charge in [0.1, 0.15) is 5.75 Å². The van der Waals surface area contributed by atoms with Crippen LogP contribution < -0.4 is 4.90 Å². The Morgan fingerprint density at radius 3 is 2.64 bits per heavy atom. The lowest BCUT2D eigenvalue weighted by Crippen LogP contribution is -2.27. The van der Waals surface area contributed by atoms with Gasteiger partial charge in [-0.1, -0.05) is 42.2 Å². The number of thiocarbonyl (C=S) groups is 1. The molecule has 2 aromatic rings. The van der Waals surface area contributed by atoms with E-state index in [0.29, 0.717) is 14.8 Å². The summed E-state index contributed by atoms with van der Waals surface area (Å²) < 4.78 is 1.48. The number of benzene rings is 2. The molecule has 2 aromatic carbocycles. The third kappa shape index (κ3) is 3.04. The number of phenols is 1. The van der Waals surface area contributed by atoms with E-state index < -0.39 is 0 Å². The van der Waals surface area contributed by atoms with E-state index in [4.69, 9.17) is 12.2 Å². The fourth-order valence-corrected chi connectivity index (χ4v) is 3.85. The molecule has 0 aromatic heterocycles. The standard InChI is InChI=1S/C16H10INO2S2/c17-11-6-7-13(19)10(8-11)9-14-15(20)18(16(21)22-14)12-4-2-1-3-5-12/h1-9,19H/b14-9+. The zero-order valence-corrected chi connectivity index (χ0v) is 15.0. The Morgan fingerprint density at radius 1 is 1.18 bits per heavy atom. The second-order valence-electron chi connectivity index (χ2n) is 4.56. The molecule has 110 valence electrons. The number of carbonyl (C=O) groups excluding carboxylic acids is 1. The van der Waals surface area contributed by atoms with E-state index in [1.807, 2.05) is 42.5 Å². The predicted octanol–water partition coefficient (Wildman–Crippen LogP) is 4.40. The number of rotatable bonds is 2. The van der Waals surface area contributed by atoms with Gasteiger partial charge in [-0.15, -0.1) is 0 Å². The number of para-hydroxylation sites is 1. The molecule has 0 atom stereocenters. The molecule has 3 rings (SSSR count). The molecule has 0 bridgehead atoms. The summed E-state index contributed by atoms with van der Waals surface area (Å²) in [6.45, 7) is 0. The number of amides is 1. The molecule has 1 heterocycles. The molecular weight excluding hydrogens is 429 g/mol. The number of aromatic hydroxyl groups is 1. The minimum Gasteiger partial charge on any atom is -0.507 e. The predicted molar refractivity (Wildman–Crippen MR) is 103 cm³/mol. The van der Waals surface area contributed by atoms with Crippen molar-refractivity contribution in [3.05, 3.63) is 62.6 Å². The lowest BCUT2D eigenvalue weighted by molar-refractivity contribution is -0.113. The van der Waals surface area contributed by atoms with Crippen molar-refractivity contribution >= 4 is 68.6 Å². The van der Waals surface area contributed by atoms with Gasteiger partial charge in [0, 0.05) is 9.13 Å². The summed E-state index contributed by atoms with van der Waals surface area (Å²) in [6.07, 6.45) is 1.68. The molecule has 3 nitrogen and oxygen atoms in total. The zero-order chi connectivity index (χ0) is 15.7. The highest BCUT2D eigenvalue weighted by atomic mass is 127. The van der Waals surface area contributed by atoms with Crippen LogP contribution in [-0.2, 0) is 4.79 Å². The minimum atomic E-state index is -0.167. The molecular formula is C16H10INO2S2. The van der Waals surface area contributed by atoms with Crippen molar-refractivity contribution in [1.29, 1.82) is 0 Å². The second-order valence-corrected chi connectivity index (χ2v) is 7.48. The van der Waals surface area contributed by atoms with Crippen molar-refractivity contribution in [2.75, 3.05) is 4.90 Å².